The number of fused-ring (bicyclic) bond motifs is 1. The highest BCUT2D eigenvalue weighted by Crippen LogP contribution is 2.36. The zero-order chi connectivity index (χ0) is 11.2. The second kappa shape index (κ2) is 3.43. The highest BCUT2D eigenvalue weighted by molar-refractivity contribution is 6.33. The minimum absolute atomic E-state index is 0.0305. The first kappa shape index (κ1) is 10.1. The number of oxazole rings is 1. The lowest BCUT2D eigenvalue weighted by Gasteiger charge is -2.04. The lowest BCUT2D eigenvalue weighted by molar-refractivity contribution is 0.491. The molecule has 4 nitrogen and oxygen atoms in total. The fourth-order valence-electron chi connectivity index (χ4n) is 1.74. The monoisotopic (exact) mass is 237 g/mol. The highest BCUT2D eigenvalue weighted by atomic mass is 35.5. The summed E-state index contributed by atoms with van der Waals surface area (Å²) >= 11 is 5.90. The molecule has 0 amide bonds. The van der Waals surface area contributed by atoms with Crippen LogP contribution in [-0.2, 0) is 6.42 Å². The van der Waals surface area contributed by atoms with E-state index >= 15 is 0 Å². The van der Waals surface area contributed by atoms with Crippen molar-refractivity contribution in [2.45, 2.75) is 31.2 Å². The average Bonchev–Trinajstić information content (AvgIpc) is 2.84. The SMILES string of the molecule is NC1(CCc2nc3ccnc(Cl)c3o2)CC1. The average molecular weight is 238 g/mol. The van der Waals surface area contributed by atoms with E-state index in [0.29, 0.717) is 16.6 Å². The zero-order valence-corrected chi connectivity index (χ0v) is 9.50. The Balaban J connectivity index is 1.85. The summed E-state index contributed by atoms with van der Waals surface area (Å²) in [5.74, 6) is 0.696. The fraction of sp³-hybridized carbons (Fsp3) is 0.455. The molecule has 0 unspecified atom stereocenters. The van der Waals surface area contributed by atoms with Gasteiger partial charge in [0, 0.05) is 18.2 Å². The van der Waals surface area contributed by atoms with Crippen LogP contribution in [0.1, 0.15) is 25.2 Å². The van der Waals surface area contributed by atoms with E-state index in [-0.39, 0.29) is 5.54 Å². The number of pyridine rings is 1. The standard InChI is InChI=1S/C11H12ClN3O/c12-10-9-7(2-6-14-10)15-8(16-9)1-3-11(13)4-5-11/h2,6H,1,3-5,13H2. The zero-order valence-electron chi connectivity index (χ0n) is 8.74. The molecule has 1 fully saturated rings. The topological polar surface area (TPSA) is 64.9 Å². The first-order valence-corrected chi connectivity index (χ1v) is 5.73. The second-order valence-corrected chi connectivity index (χ2v) is 4.78. The Bertz CT molecular complexity index is 533. The van der Waals surface area contributed by atoms with E-state index < -0.39 is 0 Å². The molecule has 0 aliphatic heterocycles. The van der Waals surface area contributed by atoms with Gasteiger partial charge in [0.05, 0.1) is 0 Å². The quantitative estimate of drug-likeness (QED) is 0.832. The van der Waals surface area contributed by atoms with Gasteiger partial charge in [0.15, 0.2) is 16.6 Å². The van der Waals surface area contributed by atoms with Crippen LogP contribution >= 0.6 is 11.6 Å². The Morgan fingerprint density at radius 3 is 3.00 bits per heavy atom. The van der Waals surface area contributed by atoms with Crippen LogP contribution in [0, 0.1) is 0 Å². The molecule has 16 heavy (non-hydrogen) atoms. The summed E-state index contributed by atoms with van der Waals surface area (Å²) in [4.78, 5) is 8.31. The third-order valence-corrected chi connectivity index (χ3v) is 3.30. The van der Waals surface area contributed by atoms with Gasteiger partial charge in [-0.1, -0.05) is 11.6 Å². The van der Waals surface area contributed by atoms with Gasteiger partial charge in [0.2, 0.25) is 0 Å². The highest BCUT2D eigenvalue weighted by Gasteiger charge is 2.37. The number of aryl methyl sites for hydroxylation is 1. The Labute approximate surface area is 97.8 Å². The molecule has 2 aromatic heterocycles. The summed E-state index contributed by atoms with van der Waals surface area (Å²) < 4.78 is 5.56. The van der Waals surface area contributed by atoms with Crippen molar-refractivity contribution in [2.75, 3.05) is 0 Å². The van der Waals surface area contributed by atoms with Gasteiger partial charge in [-0.05, 0) is 25.3 Å². The maximum Gasteiger partial charge on any atom is 0.195 e. The van der Waals surface area contributed by atoms with Crippen molar-refractivity contribution in [2.24, 2.45) is 5.73 Å². The third kappa shape index (κ3) is 1.79. The summed E-state index contributed by atoms with van der Waals surface area (Å²) in [5.41, 5.74) is 7.37. The molecule has 0 saturated heterocycles. The number of nitrogens with two attached hydrogens (primary N) is 1. The Hall–Kier alpha value is -1.13. The number of hydrogen-bond donors (Lipinski definition) is 1. The molecule has 0 aromatic carbocycles. The van der Waals surface area contributed by atoms with Gasteiger partial charge in [0.1, 0.15) is 5.52 Å². The van der Waals surface area contributed by atoms with E-state index in [1.807, 2.05) is 0 Å². The molecule has 1 aliphatic carbocycles. The molecule has 1 saturated carbocycles. The molecule has 3 rings (SSSR count). The van der Waals surface area contributed by atoms with Crippen LogP contribution in [0.4, 0.5) is 0 Å². The molecule has 0 bridgehead atoms. The van der Waals surface area contributed by atoms with Gasteiger partial charge in [0.25, 0.3) is 0 Å². The van der Waals surface area contributed by atoms with Crippen LogP contribution in [0.25, 0.3) is 11.1 Å². The molecule has 84 valence electrons. The van der Waals surface area contributed by atoms with Crippen molar-refractivity contribution in [3.8, 4) is 0 Å². The van der Waals surface area contributed by atoms with Gasteiger partial charge in [-0.2, -0.15) is 0 Å². The van der Waals surface area contributed by atoms with Gasteiger partial charge in [-0.3, -0.25) is 0 Å². The number of aromatic nitrogens is 2. The van der Waals surface area contributed by atoms with Gasteiger partial charge in [-0.25, -0.2) is 9.97 Å². The van der Waals surface area contributed by atoms with E-state index in [1.165, 1.54) is 0 Å². The predicted molar refractivity (Wildman–Crippen MR) is 61.3 cm³/mol. The first-order chi connectivity index (χ1) is 7.66. The van der Waals surface area contributed by atoms with Gasteiger partial charge < -0.3 is 10.2 Å². The molecule has 1 aliphatic rings. The maximum absolute atomic E-state index is 6.01. The second-order valence-electron chi connectivity index (χ2n) is 4.42. The summed E-state index contributed by atoms with van der Waals surface area (Å²) in [7, 11) is 0. The summed E-state index contributed by atoms with van der Waals surface area (Å²) in [6, 6.07) is 1.80. The predicted octanol–water partition coefficient (Wildman–Crippen LogP) is 2.30. The summed E-state index contributed by atoms with van der Waals surface area (Å²) in [6.07, 6.45) is 5.53. The summed E-state index contributed by atoms with van der Waals surface area (Å²) in [6.45, 7) is 0. The first-order valence-electron chi connectivity index (χ1n) is 5.35. The molecule has 2 N–H and O–H groups in total. The number of rotatable bonds is 3. The van der Waals surface area contributed by atoms with Crippen LogP contribution in [0.3, 0.4) is 0 Å². The lowest BCUT2D eigenvalue weighted by Crippen LogP contribution is -2.22. The van der Waals surface area contributed by atoms with Crippen molar-refractivity contribution in [1.29, 1.82) is 0 Å². The van der Waals surface area contributed by atoms with Gasteiger partial charge >= 0.3 is 0 Å². The Morgan fingerprint density at radius 2 is 2.31 bits per heavy atom. The molecular formula is C11H12ClN3O. The smallest absolute Gasteiger partial charge is 0.195 e. The Kier molecular flexibility index (Phi) is 2.16. The van der Waals surface area contributed by atoms with Crippen LogP contribution in [0.15, 0.2) is 16.7 Å². The number of halogens is 1. The molecule has 2 heterocycles. The van der Waals surface area contributed by atoms with Crippen molar-refractivity contribution < 1.29 is 4.42 Å². The van der Waals surface area contributed by atoms with Crippen molar-refractivity contribution in [1.82, 2.24) is 9.97 Å². The minimum atomic E-state index is 0.0305. The minimum Gasteiger partial charge on any atom is -0.437 e. The number of hydrogen-bond acceptors (Lipinski definition) is 4. The normalized spacial score (nSPS) is 17.9. The molecule has 2 aromatic rings. The Morgan fingerprint density at radius 1 is 1.50 bits per heavy atom. The fourth-order valence-corrected chi connectivity index (χ4v) is 1.94. The molecule has 0 radical (unpaired) electrons. The van der Waals surface area contributed by atoms with Crippen molar-refractivity contribution in [3.63, 3.8) is 0 Å². The van der Waals surface area contributed by atoms with Crippen LogP contribution in [-0.4, -0.2) is 15.5 Å². The van der Waals surface area contributed by atoms with Crippen LogP contribution in [0.2, 0.25) is 5.15 Å². The van der Waals surface area contributed by atoms with E-state index in [1.54, 1.807) is 12.3 Å². The van der Waals surface area contributed by atoms with E-state index in [9.17, 15) is 0 Å². The molecule has 0 atom stereocenters. The van der Waals surface area contributed by atoms with Crippen LogP contribution < -0.4 is 5.73 Å². The molecule has 5 heteroatoms. The van der Waals surface area contributed by atoms with Crippen molar-refractivity contribution in [3.05, 3.63) is 23.3 Å². The van der Waals surface area contributed by atoms with Crippen molar-refractivity contribution >= 4 is 22.7 Å². The lowest BCUT2D eigenvalue weighted by atomic mass is 10.1. The largest absolute Gasteiger partial charge is 0.437 e. The summed E-state index contributed by atoms with van der Waals surface area (Å²) in [5, 5.41) is 0.366. The van der Waals surface area contributed by atoms with E-state index in [0.717, 1.165) is 31.2 Å². The maximum atomic E-state index is 6.01. The molecule has 0 spiro atoms. The molecular weight excluding hydrogens is 226 g/mol. The van der Waals surface area contributed by atoms with Crippen LogP contribution in [0.5, 0.6) is 0 Å². The van der Waals surface area contributed by atoms with Gasteiger partial charge in [-0.15, -0.1) is 0 Å². The third-order valence-electron chi connectivity index (χ3n) is 3.03. The van der Waals surface area contributed by atoms with E-state index in [4.69, 9.17) is 21.8 Å². The van der Waals surface area contributed by atoms with E-state index in [2.05, 4.69) is 9.97 Å². The number of nitrogens with zero attached hydrogens (tertiary/aromatic N) is 2.